The summed E-state index contributed by atoms with van der Waals surface area (Å²) < 4.78 is 5.88. The van der Waals surface area contributed by atoms with Crippen LogP contribution in [0.3, 0.4) is 0 Å². The van der Waals surface area contributed by atoms with Gasteiger partial charge in [0.15, 0.2) is 6.61 Å². The van der Waals surface area contributed by atoms with E-state index in [9.17, 15) is 14.4 Å². The quantitative estimate of drug-likeness (QED) is 0.631. The van der Waals surface area contributed by atoms with Crippen molar-refractivity contribution in [1.29, 1.82) is 0 Å². The molecule has 0 aliphatic carbocycles. The van der Waals surface area contributed by atoms with Crippen LogP contribution in [0.1, 0.15) is 18.4 Å². The molecule has 0 radical (unpaired) electrons. The van der Waals surface area contributed by atoms with Crippen LogP contribution in [0.5, 0.6) is 0 Å². The number of nitrogens with zero attached hydrogens (tertiary/aromatic N) is 1. The number of rotatable bonds is 5. The normalized spacial score (nSPS) is 10.2. The highest BCUT2D eigenvalue weighted by molar-refractivity contribution is 7.18. The Hall–Kier alpha value is -2.48. The highest BCUT2D eigenvalue weighted by Crippen LogP contribution is 2.22. The van der Waals surface area contributed by atoms with Crippen molar-refractivity contribution in [3.8, 4) is 0 Å². The number of fused-ring (bicyclic) bond motifs is 1. The van der Waals surface area contributed by atoms with Crippen LogP contribution in [0.4, 0.5) is 0 Å². The lowest BCUT2D eigenvalue weighted by Crippen LogP contribution is -2.42. The molecule has 0 atom stereocenters. The SMILES string of the molecule is CC(=O)NNC(=O)COC(=O)CCc1nc2ccccc2s1. The summed E-state index contributed by atoms with van der Waals surface area (Å²) in [6, 6.07) is 7.74. The first-order valence-electron chi connectivity index (χ1n) is 6.60. The van der Waals surface area contributed by atoms with E-state index in [0.717, 1.165) is 15.2 Å². The smallest absolute Gasteiger partial charge is 0.306 e. The second-order valence-corrected chi connectivity index (χ2v) is 5.58. The molecule has 2 amide bonds. The van der Waals surface area contributed by atoms with E-state index in [1.165, 1.54) is 18.3 Å². The van der Waals surface area contributed by atoms with Crippen molar-refractivity contribution in [2.45, 2.75) is 19.8 Å². The minimum Gasteiger partial charge on any atom is -0.455 e. The van der Waals surface area contributed by atoms with Gasteiger partial charge in [0.05, 0.1) is 21.6 Å². The van der Waals surface area contributed by atoms with Gasteiger partial charge in [-0.05, 0) is 12.1 Å². The summed E-state index contributed by atoms with van der Waals surface area (Å²) in [4.78, 5) is 37.8. The standard InChI is InChI=1S/C14H15N3O4S/c1-9(18)16-17-12(19)8-21-14(20)7-6-13-15-10-4-2-3-5-11(10)22-13/h2-5H,6-8H2,1H3,(H,16,18)(H,17,19). The van der Waals surface area contributed by atoms with Crippen LogP contribution in [0.25, 0.3) is 10.2 Å². The van der Waals surface area contributed by atoms with E-state index in [4.69, 9.17) is 4.74 Å². The molecule has 22 heavy (non-hydrogen) atoms. The lowest BCUT2D eigenvalue weighted by molar-refractivity contribution is -0.148. The summed E-state index contributed by atoms with van der Waals surface area (Å²) in [7, 11) is 0. The maximum Gasteiger partial charge on any atom is 0.306 e. The van der Waals surface area contributed by atoms with Gasteiger partial charge in [-0.1, -0.05) is 12.1 Å². The van der Waals surface area contributed by atoms with E-state index in [2.05, 4.69) is 15.8 Å². The molecule has 8 heteroatoms. The molecule has 0 saturated heterocycles. The molecular weight excluding hydrogens is 306 g/mol. The maximum absolute atomic E-state index is 11.6. The van der Waals surface area contributed by atoms with Crippen molar-refractivity contribution in [1.82, 2.24) is 15.8 Å². The second-order valence-electron chi connectivity index (χ2n) is 4.47. The van der Waals surface area contributed by atoms with Gasteiger partial charge in [-0.25, -0.2) is 4.98 Å². The monoisotopic (exact) mass is 321 g/mol. The van der Waals surface area contributed by atoms with Crippen molar-refractivity contribution in [3.63, 3.8) is 0 Å². The molecule has 1 heterocycles. The molecule has 0 saturated carbocycles. The zero-order valence-corrected chi connectivity index (χ0v) is 12.7. The molecule has 2 aromatic rings. The zero-order valence-electron chi connectivity index (χ0n) is 11.9. The maximum atomic E-state index is 11.6. The number of esters is 1. The van der Waals surface area contributed by atoms with Crippen molar-refractivity contribution in [2.24, 2.45) is 0 Å². The molecule has 7 nitrogen and oxygen atoms in total. The van der Waals surface area contributed by atoms with Gasteiger partial charge in [-0.15, -0.1) is 11.3 Å². The Kier molecular flexibility index (Phi) is 5.42. The molecule has 1 aromatic carbocycles. The fourth-order valence-electron chi connectivity index (χ4n) is 1.65. The first-order chi connectivity index (χ1) is 10.5. The largest absolute Gasteiger partial charge is 0.455 e. The number of para-hydroxylation sites is 1. The van der Waals surface area contributed by atoms with Crippen molar-refractivity contribution in [3.05, 3.63) is 29.3 Å². The fourth-order valence-corrected chi connectivity index (χ4v) is 2.61. The predicted molar refractivity (Wildman–Crippen MR) is 80.9 cm³/mol. The van der Waals surface area contributed by atoms with E-state index in [-0.39, 0.29) is 6.42 Å². The van der Waals surface area contributed by atoms with Crippen LogP contribution in [0, 0.1) is 0 Å². The minimum atomic E-state index is -0.594. The molecule has 0 spiro atoms. The van der Waals surface area contributed by atoms with E-state index in [1.54, 1.807) is 0 Å². The molecule has 0 aliphatic heterocycles. The number of aryl methyl sites for hydroxylation is 1. The summed E-state index contributed by atoms with van der Waals surface area (Å²) >= 11 is 1.53. The first-order valence-corrected chi connectivity index (χ1v) is 7.42. The van der Waals surface area contributed by atoms with Gasteiger partial charge in [-0.2, -0.15) is 0 Å². The summed E-state index contributed by atoms with van der Waals surface area (Å²) in [5.41, 5.74) is 5.11. The molecule has 0 fully saturated rings. The van der Waals surface area contributed by atoms with Crippen LogP contribution in [0.2, 0.25) is 0 Å². The third-order valence-electron chi connectivity index (χ3n) is 2.62. The van der Waals surface area contributed by atoms with Gasteiger partial charge in [0.25, 0.3) is 5.91 Å². The van der Waals surface area contributed by atoms with E-state index in [0.29, 0.717) is 6.42 Å². The van der Waals surface area contributed by atoms with Crippen LogP contribution < -0.4 is 10.9 Å². The molecule has 0 bridgehead atoms. The molecule has 0 unspecified atom stereocenters. The van der Waals surface area contributed by atoms with E-state index in [1.807, 2.05) is 24.3 Å². The van der Waals surface area contributed by atoms with Crippen molar-refractivity contribution >= 4 is 39.3 Å². The Bertz CT molecular complexity index is 665. The number of hydrogen-bond donors (Lipinski definition) is 2. The number of nitrogens with one attached hydrogen (secondary N) is 2. The third-order valence-corrected chi connectivity index (χ3v) is 3.72. The Morgan fingerprint density at radius 3 is 2.73 bits per heavy atom. The number of carbonyl (C=O) groups is 3. The lowest BCUT2D eigenvalue weighted by atomic mass is 10.3. The summed E-state index contributed by atoms with van der Waals surface area (Å²) in [5, 5.41) is 0.848. The topological polar surface area (TPSA) is 97.4 Å². The molecule has 2 rings (SSSR count). The summed E-state index contributed by atoms with van der Waals surface area (Å²) in [6.45, 7) is 0.823. The summed E-state index contributed by atoms with van der Waals surface area (Å²) in [6.07, 6.45) is 0.610. The molecular formula is C14H15N3O4S. The van der Waals surface area contributed by atoms with Crippen LogP contribution in [-0.2, 0) is 25.5 Å². The van der Waals surface area contributed by atoms with Gasteiger partial charge < -0.3 is 4.74 Å². The Morgan fingerprint density at radius 1 is 1.23 bits per heavy atom. The average Bonchev–Trinajstić information content (AvgIpc) is 2.91. The Morgan fingerprint density at radius 2 is 2.00 bits per heavy atom. The van der Waals surface area contributed by atoms with Gasteiger partial charge in [0.2, 0.25) is 5.91 Å². The number of ether oxygens (including phenoxy) is 1. The molecule has 116 valence electrons. The van der Waals surface area contributed by atoms with E-state index < -0.39 is 24.4 Å². The first kappa shape index (κ1) is 15.9. The Balaban J connectivity index is 1.73. The van der Waals surface area contributed by atoms with Gasteiger partial charge in [0.1, 0.15) is 0 Å². The average molecular weight is 321 g/mol. The van der Waals surface area contributed by atoms with Crippen molar-refractivity contribution in [2.75, 3.05) is 6.61 Å². The highest BCUT2D eigenvalue weighted by atomic mass is 32.1. The number of hydrogen-bond acceptors (Lipinski definition) is 6. The lowest BCUT2D eigenvalue weighted by Gasteiger charge is -2.05. The van der Waals surface area contributed by atoms with E-state index >= 15 is 0 Å². The zero-order chi connectivity index (χ0) is 15.9. The number of hydrazine groups is 1. The molecule has 1 aromatic heterocycles. The number of thiazole rings is 1. The fraction of sp³-hybridized carbons (Fsp3) is 0.286. The number of aromatic nitrogens is 1. The Labute approximate surface area is 130 Å². The molecule has 2 N–H and O–H groups in total. The number of carbonyl (C=O) groups excluding carboxylic acids is 3. The highest BCUT2D eigenvalue weighted by Gasteiger charge is 2.10. The van der Waals surface area contributed by atoms with Crippen LogP contribution in [0.15, 0.2) is 24.3 Å². The molecule has 0 aliphatic rings. The van der Waals surface area contributed by atoms with Gasteiger partial charge >= 0.3 is 5.97 Å². The second kappa shape index (κ2) is 7.51. The summed E-state index contributed by atoms with van der Waals surface area (Å²) in [5.74, 6) is -1.49. The van der Waals surface area contributed by atoms with Crippen LogP contribution >= 0.6 is 11.3 Å². The minimum absolute atomic E-state index is 0.146. The van der Waals surface area contributed by atoms with Gasteiger partial charge in [0, 0.05) is 13.3 Å². The van der Waals surface area contributed by atoms with Gasteiger partial charge in [-0.3, -0.25) is 25.2 Å². The predicted octanol–water partition coefficient (Wildman–Crippen LogP) is 0.939. The number of amides is 2. The van der Waals surface area contributed by atoms with Crippen molar-refractivity contribution < 1.29 is 19.1 Å². The number of benzene rings is 1. The third kappa shape index (κ3) is 4.81. The van der Waals surface area contributed by atoms with Crippen LogP contribution in [-0.4, -0.2) is 29.4 Å².